The van der Waals surface area contributed by atoms with Crippen LogP contribution < -0.4 is 11.1 Å². The average molecular weight is 253 g/mol. The van der Waals surface area contributed by atoms with E-state index in [4.69, 9.17) is 5.73 Å². The maximum Gasteiger partial charge on any atom is 0.188 e. The maximum atomic E-state index is 5.80. The van der Waals surface area contributed by atoms with E-state index in [0.29, 0.717) is 17.8 Å². The number of nitrogens with zero attached hydrogens (tertiary/aromatic N) is 1. The maximum absolute atomic E-state index is 5.80. The fourth-order valence-electron chi connectivity index (χ4n) is 1.44. The Labute approximate surface area is 108 Å². The molecule has 96 valence electrons. The zero-order chi connectivity index (χ0) is 12.7. The summed E-state index contributed by atoms with van der Waals surface area (Å²) in [5.74, 6) is 1.70. The molecule has 1 unspecified atom stereocenters. The van der Waals surface area contributed by atoms with Crippen LogP contribution in [0.15, 0.2) is 22.5 Å². The lowest BCUT2D eigenvalue weighted by molar-refractivity contribution is 0.576. The summed E-state index contributed by atoms with van der Waals surface area (Å²) in [6.07, 6.45) is 1.12. The first-order valence-corrected chi connectivity index (χ1v) is 7.04. The van der Waals surface area contributed by atoms with E-state index in [-0.39, 0.29) is 0 Å². The van der Waals surface area contributed by atoms with E-state index in [1.807, 2.05) is 0 Å². The molecule has 0 aliphatic carbocycles. The van der Waals surface area contributed by atoms with Crippen molar-refractivity contribution in [1.29, 1.82) is 0 Å². The van der Waals surface area contributed by atoms with Gasteiger partial charge in [-0.1, -0.05) is 26.8 Å². The first-order valence-electron chi connectivity index (χ1n) is 6.16. The quantitative estimate of drug-likeness (QED) is 0.605. The van der Waals surface area contributed by atoms with Gasteiger partial charge in [0.05, 0.1) is 6.54 Å². The van der Waals surface area contributed by atoms with Gasteiger partial charge in [0.2, 0.25) is 0 Å². The second-order valence-electron chi connectivity index (χ2n) is 4.75. The van der Waals surface area contributed by atoms with Crippen LogP contribution in [0.25, 0.3) is 0 Å². The van der Waals surface area contributed by atoms with Crippen LogP contribution >= 0.6 is 11.3 Å². The Bertz CT molecular complexity index is 330. The van der Waals surface area contributed by atoms with Crippen molar-refractivity contribution in [3.05, 3.63) is 22.4 Å². The highest BCUT2D eigenvalue weighted by Gasteiger charge is 2.05. The van der Waals surface area contributed by atoms with Gasteiger partial charge in [-0.3, -0.25) is 4.99 Å². The molecular weight excluding hydrogens is 230 g/mol. The zero-order valence-corrected chi connectivity index (χ0v) is 11.8. The SMILES string of the molecule is CC(C)CCNC(N)=NCC(C)c1cccs1. The molecule has 3 nitrogen and oxygen atoms in total. The summed E-state index contributed by atoms with van der Waals surface area (Å²) in [6, 6.07) is 4.22. The third kappa shape index (κ3) is 5.73. The number of guanidine groups is 1. The van der Waals surface area contributed by atoms with Crippen molar-refractivity contribution in [3.63, 3.8) is 0 Å². The van der Waals surface area contributed by atoms with E-state index in [2.05, 4.69) is 48.6 Å². The Balaban J connectivity index is 2.27. The molecule has 0 spiro atoms. The number of rotatable bonds is 6. The first-order chi connectivity index (χ1) is 8.09. The number of hydrogen-bond donors (Lipinski definition) is 2. The molecule has 0 aliphatic rings. The highest BCUT2D eigenvalue weighted by Crippen LogP contribution is 2.20. The number of thiophene rings is 1. The molecule has 0 aromatic carbocycles. The van der Waals surface area contributed by atoms with Crippen LogP contribution in [0.3, 0.4) is 0 Å². The molecular formula is C13H23N3S. The molecule has 0 fully saturated rings. The molecule has 0 aliphatic heterocycles. The minimum absolute atomic E-state index is 0.445. The van der Waals surface area contributed by atoms with E-state index in [1.54, 1.807) is 11.3 Å². The first kappa shape index (κ1) is 14.0. The summed E-state index contributed by atoms with van der Waals surface area (Å²) in [5.41, 5.74) is 5.80. The molecule has 0 radical (unpaired) electrons. The Morgan fingerprint density at radius 3 is 2.82 bits per heavy atom. The molecule has 0 saturated carbocycles. The summed E-state index contributed by atoms with van der Waals surface area (Å²) in [6.45, 7) is 8.24. The van der Waals surface area contributed by atoms with Crippen molar-refractivity contribution < 1.29 is 0 Å². The number of aliphatic imine (C=N–C) groups is 1. The van der Waals surface area contributed by atoms with Crippen molar-refractivity contribution >= 4 is 17.3 Å². The van der Waals surface area contributed by atoms with E-state index in [9.17, 15) is 0 Å². The Hall–Kier alpha value is -1.03. The lowest BCUT2D eigenvalue weighted by atomic mass is 10.1. The molecule has 1 aromatic heterocycles. The molecule has 0 amide bonds. The third-order valence-corrected chi connectivity index (χ3v) is 3.70. The van der Waals surface area contributed by atoms with Crippen LogP contribution in [-0.2, 0) is 0 Å². The van der Waals surface area contributed by atoms with Gasteiger partial charge in [-0.05, 0) is 23.8 Å². The molecule has 3 N–H and O–H groups in total. The zero-order valence-electron chi connectivity index (χ0n) is 10.9. The van der Waals surface area contributed by atoms with E-state index >= 15 is 0 Å². The van der Waals surface area contributed by atoms with Crippen molar-refractivity contribution in [3.8, 4) is 0 Å². The predicted octanol–water partition coefficient (Wildman–Crippen LogP) is 2.80. The van der Waals surface area contributed by atoms with Crippen LogP contribution in [0.1, 0.15) is 38.0 Å². The lowest BCUT2D eigenvalue weighted by Crippen LogP contribution is -2.33. The van der Waals surface area contributed by atoms with Gasteiger partial charge in [0.15, 0.2) is 5.96 Å². The van der Waals surface area contributed by atoms with Gasteiger partial charge in [-0.15, -0.1) is 11.3 Å². The van der Waals surface area contributed by atoms with Crippen molar-refractivity contribution in [2.45, 2.75) is 33.1 Å². The highest BCUT2D eigenvalue weighted by molar-refractivity contribution is 7.10. The van der Waals surface area contributed by atoms with Gasteiger partial charge in [-0.25, -0.2) is 0 Å². The fraction of sp³-hybridized carbons (Fsp3) is 0.615. The monoisotopic (exact) mass is 253 g/mol. The minimum Gasteiger partial charge on any atom is -0.370 e. The Kier molecular flexibility index (Phi) is 6.05. The molecule has 1 heterocycles. The molecule has 1 aromatic rings. The molecule has 1 atom stereocenters. The largest absolute Gasteiger partial charge is 0.370 e. The van der Waals surface area contributed by atoms with Crippen LogP contribution in [-0.4, -0.2) is 19.0 Å². The normalized spacial score (nSPS) is 14.0. The molecule has 0 saturated heterocycles. The van der Waals surface area contributed by atoms with Crippen molar-refractivity contribution in [2.24, 2.45) is 16.6 Å². The molecule has 1 rings (SSSR count). The summed E-state index contributed by atoms with van der Waals surface area (Å²) in [4.78, 5) is 5.73. The van der Waals surface area contributed by atoms with Crippen molar-refractivity contribution in [1.82, 2.24) is 5.32 Å². The van der Waals surface area contributed by atoms with Crippen LogP contribution in [0.2, 0.25) is 0 Å². The Morgan fingerprint density at radius 1 is 1.47 bits per heavy atom. The second kappa shape index (κ2) is 7.33. The molecule has 17 heavy (non-hydrogen) atoms. The predicted molar refractivity (Wildman–Crippen MR) is 76.7 cm³/mol. The van der Waals surface area contributed by atoms with Gasteiger partial charge in [0.1, 0.15) is 0 Å². The van der Waals surface area contributed by atoms with Crippen LogP contribution in [0, 0.1) is 5.92 Å². The Morgan fingerprint density at radius 2 is 2.24 bits per heavy atom. The topological polar surface area (TPSA) is 50.4 Å². The lowest BCUT2D eigenvalue weighted by Gasteiger charge is -2.09. The summed E-state index contributed by atoms with van der Waals surface area (Å²) in [5, 5.41) is 5.24. The molecule has 0 bridgehead atoms. The van der Waals surface area contributed by atoms with E-state index < -0.39 is 0 Å². The van der Waals surface area contributed by atoms with Crippen LogP contribution in [0.4, 0.5) is 0 Å². The van der Waals surface area contributed by atoms with Gasteiger partial charge >= 0.3 is 0 Å². The standard InChI is InChI=1S/C13H23N3S/c1-10(2)6-7-15-13(14)16-9-11(3)12-5-4-8-17-12/h4-5,8,10-11H,6-7,9H2,1-3H3,(H3,14,15,16). The van der Waals surface area contributed by atoms with Gasteiger partial charge < -0.3 is 11.1 Å². The van der Waals surface area contributed by atoms with Gasteiger partial charge in [-0.2, -0.15) is 0 Å². The smallest absolute Gasteiger partial charge is 0.188 e. The van der Waals surface area contributed by atoms with E-state index in [0.717, 1.165) is 19.5 Å². The number of nitrogens with two attached hydrogens (primary N) is 1. The summed E-state index contributed by atoms with van der Waals surface area (Å²) < 4.78 is 0. The van der Waals surface area contributed by atoms with E-state index in [1.165, 1.54) is 4.88 Å². The highest BCUT2D eigenvalue weighted by atomic mass is 32.1. The van der Waals surface area contributed by atoms with Gasteiger partial charge in [0, 0.05) is 17.3 Å². The van der Waals surface area contributed by atoms with Crippen LogP contribution in [0.5, 0.6) is 0 Å². The number of hydrogen-bond acceptors (Lipinski definition) is 2. The summed E-state index contributed by atoms with van der Waals surface area (Å²) in [7, 11) is 0. The summed E-state index contributed by atoms with van der Waals surface area (Å²) >= 11 is 1.77. The number of nitrogens with one attached hydrogen (secondary N) is 1. The minimum atomic E-state index is 0.445. The van der Waals surface area contributed by atoms with Crippen molar-refractivity contribution in [2.75, 3.05) is 13.1 Å². The third-order valence-electron chi connectivity index (χ3n) is 2.59. The molecule has 4 heteroatoms. The second-order valence-corrected chi connectivity index (χ2v) is 5.73. The average Bonchev–Trinajstić information content (AvgIpc) is 2.78. The van der Waals surface area contributed by atoms with Gasteiger partial charge in [0.25, 0.3) is 0 Å². The fourth-order valence-corrected chi connectivity index (χ4v) is 2.22.